The third kappa shape index (κ3) is 2.59. The lowest BCUT2D eigenvalue weighted by Crippen LogP contribution is -2.03. The summed E-state index contributed by atoms with van der Waals surface area (Å²) in [5.74, 6) is 1.59. The Morgan fingerprint density at radius 3 is 2.87 bits per heavy atom. The van der Waals surface area contributed by atoms with Crippen LogP contribution in [0, 0.1) is 6.92 Å². The number of aromatic nitrogens is 3. The molecule has 0 spiro atoms. The Balaban J connectivity index is 1.74. The van der Waals surface area contributed by atoms with Gasteiger partial charge in [0, 0.05) is 22.8 Å². The van der Waals surface area contributed by atoms with E-state index >= 15 is 0 Å². The molecule has 0 fully saturated rings. The Morgan fingerprint density at radius 2 is 2.04 bits per heavy atom. The van der Waals surface area contributed by atoms with Crippen LogP contribution in [0.4, 0.5) is 5.82 Å². The second kappa shape index (κ2) is 5.70. The highest BCUT2D eigenvalue weighted by molar-refractivity contribution is 7.19. The summed E-state index contributed by atoms with van der Waals surface area (Å²) in [5.41, 5.74) is 6.52. The first kappa shape index (κ1) is 14.3. The lowest BCUT2D eigenvalue weighted by atomic mass is 10.2. The number of aryl methyl sites for hydroxylation is 3. The number of nitrogens with zero attached hydrogens (tertiary/aromatic N) is 4. The summed E-state index contributed by atoms with van der Waals surface area (Å²) in [4.78, 5) is 15.7. The van der Waals surface area contributed by atoms with E-state index in [-0.39, 0.29) is 0 Å². The maximum Gasteiger partial charge on any atom is 0.159 e. The van der Waals surface area contributed by atoms with Crippen molar-refractivity contribution in [3.63, 3.8) is 0 Å². The van der Waals surface area contributed by atoms with Gasteiger partial charge in [0.25, 0.3) is 0 Å². The van der Waals surface area contributed by atoms with Crippen molar-refractivity contribution in [3.05, 3.63) is 46.4 Å². The van der Waals surface area contributed by atoms with E-state index in [0.717, 1.165) is 46.0 Å². The van der Waals surface area contributed by atoms with Crippen molar-refractivity contribution in [2.24, 2.45) is 5.10 Å². The van der Waals surface area contributed by atoms with E-state index < -0.39 is 0 Å². The molecule has 0 amide bonds. The van der Waals surface area contributed by atoms with E-state index in [1.807, 2.05) is 26.0 Å². The van der Waals surface area contributed by atoms with Gasteiger partial charge in [-0.25, -0.2) is 9.97 Å². The summed E-state index contributed by atoms with van der Waals surface area (Å²) >= 11 is 1.80. The largest absolute Gasteiger partial charge is 0.265 e. The normalized spacial score (nSPS) is 14.3. The molecular weight excluding hydrogens is 306 g/mol. The SMILES string of the molecule is C/C(=N\Nc1nc(C)nc2sc3c(c12)CCC3)c1ccncc1. The van der Waals surface area contributed by atoms with Gasteiger partial charge in [-0.15, -0.1) is 11.3 Å². The van der Waals surface area contributed by atoms with Crippen LogP contribution in [0.5, 0.6) is 0 Å². The van der Waals surface area contributed by atoms with Gasteiger partial charge in [-0.1, -0.05) is 0 Å². The van der Waals surface area contributed by atoms with E-state index in [9.17, 15) is 0 Å². The molecule has 23 heavy (non-hydrogen) atoms. The fourth-order valence-electron chi connectivity index (χ4n) is 2.98. The van der Waals surface area contributed by atoms with E-state index in [0.29, 0.717) is 0 Å². The van der Waals surface area contributed by atoms with Crippen molar-refractivity contribution in [3.8, 4) is 0 Å². The molecule has 3 aromatic heterocycles. The Morgan fingerprint density at radius 1 is 1.22 bits per heavy atom. The minimum absolute atomic E-state index is 0.775. The Bertz CT molecular complexity index is 898. The van der Waals surface area contributed by atoms with Crippen LogP contribution < -0.4 is 5.43 Å². The molecule has 5 nitrogen and oxygen atoms in total. The van der Waals surface area contributed by atoms with Crippen molar-refractivity contribution < 1.29 is 0 Å². The van der Waals surface area contributed by atoms with E-state index in [4.69, 9.17) is 0 Å². The fraction of sp³-hybridized carbons (Fsp3) is 0.294. The number of thiophene rings is 1. The van der Waals surface area contributed by atoms with Gasteiger partial charge in [0.1, 0.15) is 10.7 Å². The molecule has 1 aliphatic rings. The second-order valence-electron chi connectivity index (χ2n) is 5.70. The quantitative estimate of drug-likeness (QED) is 0.589. The van der Waals surface area contributed by atoms with Crippen LogP contribution in [-0.4, -0.2) is 20.7 Å². The monoisotopic (exact) mass is 323 g/mol. The van der Waals surface area contributed by atoms with E-state index in [1.54, 1.807) is 23.7 Å². The van der Waals surface area contributed by atoms with Crippen LogP contribution in [0.1, 0.15) is 35.2 Å². The lowest BCUT2D eigenvalue weighted by molar-refractivity contribution is 0.916. The van der Waals surface area contributed by atoms with Gasteiger partial charge in [0.2, 0.25) is 0 Å². The molecule has 1 aliphatic carbocycles. The summed E-state index contributed by atoms with van der Waals surface area (Å²) in [5, 5.41) is 5.67. The average Bonchev–Trinajstić information content (AvgIpc) is 3.13. The third-order valence-electron chi connectivity index (χ3n) is 4.10. The molecule has 0 saturated heterocycles. The van der Waals surface area contributed by atoms with Crippen molar-refractivity contribution in [1.82, 2.24) is 15.0 Å². The number of anilines is 1. The molecule has 0 saturated carbocycles. The molecule has 0 bridgehead atoms. The highest BCUT2D eigenvalue weighted by Crippen LogP contribution is 2.39. The summed E-state index contributed by atoms with van der Waals surface area (Å²) < 4.78 is 0. The van der Waals surface area contributed by atoms with Gasteiger partial charge in [0.15, 0.2) is 5.82 Å². The molecule has 3 heterocycles. The lowest BCUT2D eigenvalue weighted by Gasteiger charge is -2.06. The second-order valence-corrected chi connectivity index (χ2v) is 6.79. The van der Waals surface area contributed by atoms with Gasteiger partial charge in [-0.2, -0.15) is 5.10 Å². The number of hydrazone groups is 1. The average molecular weight is 323 g/mol. The van der Waals surface area contributed by atoms with Crippen LogP contribution >= 0.6 is 11.3 Å². The van der Waals surface area contributed by atoms with Crippen LogP contribution in [0.15, 0.2) is 29.6 Å². The summed E-state index contributed by atoms with van der Waals surface area (Å²) in [6.45, 7) is 3.90. The van der Waals surface area contributed by atoms with Crippen molar-refractivity contribution in [1.29, 1.82) is 0 Å². The molecule has 6 heteroatoms. The van der Waals surface area contributed by atoms with E-state index in [2.05, 4.69) is 25.5 Å². The van der Waals surface area contributed by atoms with Crippen molar-refractivity contribution >= 4 is 33.1 Å². The molecule has 1 N–H and O–H groups in total. The first-order valence-corrected chi connectivity index (χ1v) is 8.53. The highest BCUT2D eigenvalue weighted by atomic mass is 32.1. The minimum atomic E-state index is 0.775. The molecule has 3 aromatic rings. The summed E-state index contributed by atoms with van der Waals surface area (Å²) in [7, 11) is 0. The molecule has 0 atom stereocenters. The number of hydrogen-bond acceptors (Lipinski definition) is 6. The van der Waals surface area contributed by atoms with Crippen LogP contribution in [-0.2, 0) is 12.8 Å². The maximum atomic E-state index is 4.60. The Hall–Kier alpha value is -2.34. The van der Waals surface area contributed by atoms with Crippen LogP contribution in [0.25, 0.3) is 10.2 Å². The number of fused-ring (bicyclic) bond motifs is 3. The first-order valence-electron chi connectivity index (χ1n) is 7.72. The van der Waals surface area contributed by atoms with E-state index in [1.165, 1.54) is 16.9 Å². The fourth-order valence-corrected chi connectivity index (χ4v) is 4.28. The topological polar surface area (TPSA) is 63.1 Å². The molecule has 0 aromatic carbocycles. The van der Waals surface area contributed by atoms with Gasteiger partial charge in [-0.05, 0) is 50.8 Å². The standard InChI is InChI=1S/C17H17N5S/c1-10(12-6-8-18-9-7-12)21-22-16-15-13-4-3-5-14(13)23-17(15)20-11(2)19-16/h6-9H,3-5H2,1-2H3,(H,19,20,22)/b21-10+. The van der Waals surface area contributed by atoms with Crippen LogP contribution in [0.2, 0.25) is 0 Å². The van der Waals surface area contributed by atoms with Gasteiger partial charge < -0.3 is 0 Å². The van der Waals surface area contributed by atoms with Gasteiger partial charge >= 0.3 is 0 Å². The maximum absolute atomic E-state index is 4.60. The smallest absolute Gasteiger partial charge is 0.159 e. The molecular formula is C17H17N5S. The minimum Gasteiger partial charge on any atom is -0.265 e. The number of rotatable bonds is 3. The first-order chi connectivity index (χ1) is 11.2. The zero-order valence-electron chi connectivity index (χ0n) is 13.1. The molecule has 0 aliphatic heterocycles. The van der Waals surface area contributed by atoms with Gasteiger partial charge in [0.05, 0.1) is 11.1 Å². The predicted molar refractivity (Wildman–Crippen MR) is 94.2 cm³/mol. The predicted octanol–water partition coefficient (Wildman–Crippen LogP) is 3.72. The number of pyridine rings is 1. The number of nitrogens with one attached hydrogen (secondary N) is 1. The zero-order chi connectivity index (χ0) is 15.8. The summed E-state index contributed by atoms with van der Waals surface area (Å²) in [6.07, 6.45) is 7.04. The summed E-state index contributed by atoms with van der Waals surface area (Å²) in [6, 6.07) is 3.90. The zero-order valence-corrected chi connectivity index (χ0v) is 13.9. The molecule has 4 rings (SSSR count). The Labute approximate surface area is 138 Å². The third-order valence-corrected chi connectivity index (χ3v) is 5.29. The van der Waals surface area contributed by atoms with Gasteiger partial charge in [-0.3, -0.25) is 10.4 Å². The highest BCUT2D eigenvalue weighted by Gasteiger charge is 2.21. The molecule has 0 unspecified atom stereocenters. The number of hydrogen-bond donors (Lipinski definition) is 1. The van der Waals surface area contributed by atoms with Crippen molar-refractivity contribution in [2.75, 3.05) is 5.43 Å². The van der Waals surface area contributed by atoms with Crippen LogP contribution in [0.3, 0.4) is 0 Å². The Kier molecular flexibility index (Phi) is 3.53. The molecule has 116 valence electrons. The molecule has 0 radical (unpaired) electrons. The van der Waals surface area contributed by atoms with Crippen molar-refractivity contribution in [2.45, 2.75) is 33.1 Å².